The molecule has 8 nitrogen and oxygen atoms in total. The first kappa shape index (κ1) is 30.6. The number of likely N-dealkylation sites (N-methyl/N-ethyl adjacent to an activating group) is 1. The monoisotopic (exact) mass is 602 g/mol. The largest absolute Gasteiger partial charge is 0.488 e. The molecule has 11 heteroatoms. The van der Waals surface area contributed by atoms with Crippen LogP contribution < -0.4 is 15.4 Å². The molecule has 3 atom stereocenters. The number of hydrogen-bond donors (Lipinski definition) is 3. The molecule has 1 aliphatic rings. The molecular weight excluding hydrogens is 570 g/mol. The Morgan fingerprint density at radius 2 is 1.78 bits per heavy atom. The van der Waals surface area contributed by atoms with Gasteiger partial charge in [-0.3, -0.25) is 9.69 Å². The summed E-state index contributed by atoms with van der Waals surface area (Å²) < 4.78 is 19.6. The predicted octanol–water partition coefficient (Wildman–Crippen LogP) is 6.13. The van der Waals surface area contributed by atoms with Crippen LogP contribution in [-0.4, -0.2) is 65.7 Å². The summed E-state index contributed by atoms with van der Waals surface area (Å²) in [5.41, 5.74) is 2.06. The van der Waals surface area contributed by atoms with Gasteiger partial charge in [0.2, 0.25) is 0 Å². The van der Waals surface area contributed by atoms with E-state index in [1.54, 1.807) is 36.1 Å². The number of halogens is 3. The van der Waals surface area contributed by atoms with Gasteiger partial charge in [-0.25, -0.2) is 9.18 Å². The Morgan fingerprint density at radius 3 is 2.46 bits per heavy atom. The van der Waals surface area contributed by atoms with Crippen LogP contribution in [0.1, 0.15) is 29.8 Å². The van der Waals surface area contributed by atoms with Gasteiger partial charge in [0.1, 0.15) is 17.7 Å². The minimum Gasteiger partial charge on any atom is -0.488 e. The van der Waals surface area contributed by atoms with E-state index in [0.29, 0.717) is 46.8 Å². The summed E-state index contributed by atoms with van der Waals surface area (Å²) in [6.45, 7) is 5.14. The summed E-state index contributed by atoms with van der Waals surface area (Å²) in [6.07, 6.45) is -0.288. The van der Waals surface area contributed by atoms with Crippen molar-refractivity contribution < 1.29 is 23.8 Å². The number of aliphatic hydroxyl groups is 1. The number of nitrogens with one attached hydrogen (secondary N) is 2. The molecule has 1 heterocycles. The smallest absolute Gasteiger partial charge is 0.323 e. The molecule has 0 fully saturated rings. The molecule has 0 spiro atoms. The highest BCUT2D eigenvalue weighted by Crippen LogP contribution is 2.31. The molecule has 0 saturated carbocycles. The molecule has 0 radical (unpaired) electrons. The number of nitrogens with zero attached hydrogens (tertiary/aromatic N) is 2. The van der Waals surface area contributed by atoms with E-state index in [4.69, 9.17) is 27.9 Å². The average molecular weight is 604 g/mol. The number of aliphatic hydroxyl groups excluding tert-OH is 1. The maximum Gasteiger partial charge on any atom is 0.323 e. The van der Waals surface area contributed by atoms with Gasteiger partial charge in [-0.05, 0) is 74.1 Å². The van der Waals surface area contributed by atoms with Gasteiger partial charge < -0.3 is 25.4 Å². The lowest BCUT2D eigenvalue weighted by Gasteiger charge is -2.38. The zero-order chi connectivity index (χ0) is 29.7. The Balaban J connectivity index is 1.55. The first-order valence-corrected chi connectivity index (χ1v) is 14.0. The van der Waals surface area contributed by atoms with E-state index in [-0.39, 0.29) is 30.1 Å². The zero-order valence-electron chi connectivity index (χ0n) is 23.0. The summed E-state index contributed by atoms with van der Waals surface area (Å²) in [7, 11) is 1.98. The standard InChI is InChI=1S/C30H33Cl2FN4O4/c1-18-14-37(19(2)17-38)29(39)24-13-23(35-30(40)34-22-7-5-21(33)6-8-22)9-11-27(24)41-28(18)16-36(3)15-20-4-10-25(31)26(32)12-20/h4-13,18-19,28,38H,14-17H2,1-3H3,(H2,34,35,40)/t18-,19-,28+/m1/s1. The molecule has 3 N–H and O–H groups in total. The fraction of sp³-hybridized carbons (Fsp3) is 0.333. The van der Waals surface area contributed by atoms with Gasteiger partial charge in [0.15, 0.2) is 0 Å². The van der Waals surface area contributed by atoms with Crippen molar-refractivity contribution in [2.45, 2.75) is 32.5 Å². The van der Waals surface area contributed by atoms with Crippen LogP contribution in [0.5, 0.6) is 5.75 Å². The highest BCUT2D eigenvalue weighted by atomic mass is 35.5. The number of anilines is 2. The van der Waals surface area contributed by atoms with Crippen molar-refractivity contribution in [3.63, 3.8) is 0 Å². The third kappa shape index (κ3) is 7.89. The van der Waals surface area contributed by atoms with Crippen molar-refractivity contribution in [2.75, 3.05) is 37.4 Å². The van der Waals surface area contributed by atoms with Crippen molar-refractivity contribution >= 4 is 46.5 Å². The van der Waals surface area contributed by atoms with E-state index in [1.807, 2.05) is 26.1 Å². The lowest BCUT2D eigenvalue weighted by molar-refractivity contribution is 0.0341. The van der Waals surface area contributed by atoms with Crippen molar-refractivity contribution in [3.05, 3.63) is 87.7 Å². The van der Waals surface area contributed by atoms with Gasteiger partial charge in [-0.2, -0.15) is 0 Å². The van der Waals surface area contributed by atoms with Crippen LogP contribution in [0.15, 0.2) is 60.7 Å². The van der Waals surface area contributed by atoms with Crippen LogP contribution in [0.4, 0.5) is 20.6 Å². The molecule has 0 bridgehead atoms. The van der Waals surface area contributed by atoms with E-state index in [0.717, 1.165) is 5.56 Å². The molecule has 41 heavy (non-hydrogen) atoms. The number of hydrogen-bond acceptors (Lipinski definition) is 5. The quantitative estimate of drug-likeness (QED) is 0.288. The summed E-state index contributed by atoms with van der Waals surface area (Å²) in [5, 5.41) is 16.2. The highest BCUT2D eigenvalue weighted by molar-refractivity contribution is 6.42. The Kier molecular flexibility index (Phi) is 10.1. The lowest BCUT2D eigenvalue weighted by Crippen LogP contribution is -2.49. The maximum absolute atomic E-state index is 13.7. The predicted molar refractivity (Wildman–Crippen MR) is 159 cm³/mol. The third-order valence-corrected chi connectivity index (χ3v) is 7.69. The van der Waals surface area contributed by atoms with Gasteiger partial charge in [0, 0.05) is 36.9 Å². The van der Waals surface area contributed by atoms with Crippen LogP contribution in [0.3, 0.4) is 0 Å². The number of urea groups is 1. The Bertz CT molecular complexity index is 1390. The molecule has 1 aliphatic heterocycles. The average Bonchev–Trinajstić information content (AvgIpc) is 2.93. The summed E-state index contributed by atoms with van der Waals surface area (Å²) >= 11 is 12.3. The van der Waals surface area contributed by atoms with E-state index in [1.165, 1.54) is 24.3 Å². The zero-order valence-corrected chi connectivity index (χ0v) is 24.5. The first-order chi connectivity index (χ1) is 19.5. The number of benzene rings is 3. The van der Waals surface area contributed by atoms with Crippen molar-refractivity contribution in [1.82, 2.24) is 9.80 Å². The van der Waals surface area contributed by atoms with Crippen LogP contribution in [0.25, 0.3) is 0 Å². The molecule has 0 aromatic heterocycles. The molecule has 3 aromatic carbocycles. The van der Waals surface area contributed by atoms with Crippen LogP contribution in [0.2, 0.25) is 10.0 Å². The molecule has 0 unspecified atom stereocenters. The fourth-order valence-electron chi connectivity index (χ4n) is 4.67. The van der Waals surface area contributed by atoms with Crippen molar-refractivity contribution in [1.29, 1.82) is 0 Å². The Hall–Kier alpha value is -3.37. The molecule has 0 saturated heterocycles. The van der Waals surface area contributed by atoms with E-state index in [2.05, 4.69) is 15.5 Å². The van der Waals surface area contributed by atoms with Gasteiger partial charge in [0.25, 0.3) is 5.91 Å². The van der Waals surface area contributed by atoms with Gasteiger partial charge in [-0.15, -0.1) is 0 Å². The molecule has 4 rings (SSSR count). The first-order valence-electron chi connectivity index (χ1n) is 13.2. The second-order valence-corrected chi connectivity index (χ2v) is 11.2. The summed E-state index contributed by atoms with van der Waals surface area (Å²) in [6, 6.07) is 14.8. The molecule has 218 valence electrons. The lowest BCUT2D eigenvalue weighted by atomic mass is 9.99. The van der Waals surface area contributed by atoms with E-state index >= 15 is 0 Å². The van der Waals surface area contributed by atoms with Crippen LogP contribution >= 0.6 is 23.2 Å². The second-order valence-electron chi connectivity index (χ2n) is 10.4. The topological polar surface area (TPSA) is 94.1 Å². The number of carbonyl (C=O) groups excluding carboxylic acids is 2. The van der Waals surface area contributed by atoms with Gasteiger partial charge in [-0.1, -0.05) is 36.2 Å². The summed E-state index contributed by atoms with van der Waals surface area (Å²) in [5.74, 6) is -0.393. The fourth-order valence-corrected chi connectivity index (χ4v) is 4.99. The third-order valence-electron chi connectivity index (χ3n) is 6.95. The second kappa shape index (κ2) is 13.5. The molecular formula is C30H33Cl2FN4O4. The summed E-state index contributed by atoms with van der Waals surface area (Å²) in [4.78, 5) is 30.0. The molecule has 3 aromatic rings. The van der Waals surface area contributed by atoms with E-state index < -0.39 is 17.9 Å². The van der Waals surface area contributed by atoms with Crippen molar-refractivity contribution in [3.8, 4) is 5.75 Å². The minimum atomic E-state index is -0.549. The number of rotatable bonds is 8. The van der Waals surface area contributed by atoms with E-state index in [9.17, 15) is 19.1 Å². The Labute approximate surface area is 249 Å². The van der Waals surface area contributed by atoms with Crippen molar-refractivity contribution in [2.24, 2.45) is 5.92 Å². The van der Waals surface area contributed by atoms with Crippen LogP contribution in [-0.2, 0) is 6.54 Å². The van der Waals surface area contributed by atoms with Gasteiger partial charge >= 0.3 is 6.03 Å². The van der Waals surface area contributed by atoms with Crippen LogP contribution in [0, 0.1) is 11.7 Å². The minimum absolute atomic E-state index is 0.0587. The number of amides is 3. The highest BCUT2D eigenvalue weighted by Gasteiger charge is 2.33. The molecule has 0 aliphatic carbocycles. The maximum atomic E-state index is 13.7. The SMILES string of the molecule is C[C@@H]1CN([C@H](C)CO)C(=O)c2cc(NC(=O)Nc3ccc(F)cc3)ccc2O[C@H]1CN(C)Cc1ccc(Cl)c(Cl)c1. The normalized spacial score (nSPS) is 17.8. The van der Waals surface area contributed by atoms with Gasteiger partial charge in [0.05, 0.1) is 28.3 Å². The molecule has 3 amide bonds. The Morgan fingerprint density at radius 1 is 1.10 bits per heavy atom. The number of carbonyl (C=O) groups is 2. The number of ether oxygens (including phenoxy) is 1. The number of fused-ring (bicyclic) bond motifs is 1.